The highest BCUT2D eigenvalue weighted by Crippen LogP contribution is 2.36. The number of thiophene rings is 1. The molecule has 2 heteroatoms. The van der Waals surface area contributed by atoms with Crippen LogP contribution in [0, 0.1) is 0 Å². The molecule has 0 unspecified atom stereocenters. The molecule has 2 aromatic rings. The van der Waals surface area contributed by atoms with E-state index in [-0.39, 0.29) is 5.41 Å². The lowest BCUT2D eigenvalue weighted by Gasteiger charge is -2.15. The van der Waals surface area contributed by atoms with Crippen LogP contribution in [0.2, 0.25) is 6.82 Å². The molecule has 1 heterocycles. The SMILES string of the molecule is C[B]Cc1ccccc1-c1ccc(C(C)(C)C)s1. The Morgan fingerprint density at radius 1 is 1.06 bits per heavy atom. The monoisotopic (exact) mass is 255 g/mol. The van der Waals surface area contributed by atoms with Gasteiger partial charge in [-0.05, 0) is 28.7 Å². The minimum absolute atomic E-state index is 0.245. The van der Waals surface area contributed by atoms with Crippen molar-refractivity contribution in [1.82, 2.24) is 0 Å². The van der Waals surface area contributed by atoms with E-state index in [0.717, 1.165) is 6.32 Å². The summed E-state index contributed by atoms with van der Waals surface area (Å²) in [7, 11) is 2.22. The van der Waals surface area contributed by atoms with Gasteiger partial charge in [-0.15, -0.1) is 11.3 Å². The van der Waals surface area contributed by atoms with Crippen LogP contribution in [0.4, 0.5) is 0 Å². The maximum absolute atomic E-state index is 2.27. The zero-order valence-corrected chi connectivity index (χ0v) is 12.5. The van der Waals surface area contributed by atoms with Crippen LogP contribution in [0.5, 0.6) is 0 Å². The largest absolute Gasteiger partial charge is 0.140 e. The van der Waals surface area contributed by atoms with Gasteiger partial charge in [-0.25, -0.2) is 0 Å². The Kier molecular flexibility index (Phi) is 3.96. The summed E-state index contributed by atoms with van der Waals surface area (Å²) in [5.74, 6) is 0. The summed E-state index contributed by atoms with van der Waals surface area (Å²) in [6.45, 7) is 8.93. The molecule has 1 radical (unpaired) electrons. The molecule has 0 saturated carbocycles. The average molecular weight is 255 g/mol. The molecule has 1 aromatic heterocycles. The van der Waals surface area contributed by atoms with Gasteiger partial charge in [0.05, 0.1) is 0 Å². The molecule has 0 fully saturated rings. The van der Waals surface area contributed by atoms with Gasteiger partial charge < -0.3 is 0 Å². The van der Waals surface area contributed by atoms with Crippen LogP contribution in [0.25, 0.3) is 10.4 Å². The zero-order valence-electron chi connectivity index (χ0n) is 11.7. The summed E-state index contributed by atoms with van der Waals surface area (Å²) in [5, 5.41) is 0. The predicted octanol–water partition coefficient (Wildman–Crippen LogP) is 4.96. The van der Waals surface area contributed by atoms with E-state index in [1.165, 1.54) is 20.9 Å². The fraction of sp³-hybridized carbons (Fsp3) is 0.375. The fourth-order valence-corrected chi connectivity index (χ4v) is 3.17. The first-order valence-corrected chi connectivity index (χ1v) is 7.30. The Bertz CT molecular complexity index is 520. The number of benzene rings is 1. The van der Waals surface area contributed by atoms with Crippen molar-refractivity contribution < 1.29 is 0 Å². The summed E-state index contributed by atoms with van der Waals surface area (Å²) in [4.78, 5) is 2.84. The molecule has 0 N–H and O–H groups in total. The Hall–Kier alpha value is -1.02. The first-order chi connectivity index (χ1) is 8.52. The summed E-state index contributed by atoms with van der Waals surface area (Å²) in [5.41, 5.74) is 3.05. The Labute approximate surface area is 115 Å². The molecule has 18 heavy (non-hydrogen) atoms. The highest BCUT2D eigenvalue weighted by Gasteiger charge is 2.17. The quantitative estimate of drug-likeness (QED) is 0.679. The minimum Gasteiger partial charge on any atom is -0.140 e. The Morgan fingerprint density at radius 2 is 1.78 bits per heavy atom. The lowest BCUT2D eigenvalue weighted by molar-refractivity contribution is 0.604. The second kappa shape index (κ2) is 5.32. The van der Waals surface area contributed by atoms with Crippen molar-refractivity contribution in [3.63, 3.8) is 0 Å². The molecule has 2 rings (SSSR count). The van der Waals surface area contributed by atoms with Gasteiger partial charge >= 0.3 is 0 Å². The van der Waals surface area contributed by atoms with Gasteiger partial charge in [0, 0.05) is 9.75 Å². The standard InChI is InChI=1S/C16H20BS/c1-16(2,3)15-10-9-14(18-15)13-8-6-5-7-12(13)11-17-4/h5-10H,11H2,1-4H3. The second-order valence-electron chi connectivity index (χ2n) is 5.68. The second-order valence-corrected chi connectivity index (χ2v) is 6.77. The molecule has 0 spiro atoms. The summed E-state index contributed by atoms with van der Waals surface area (Å²) in [6.07, 6.45) is 1.04. The van der Waals surface area contributed by atoms with E-state index >= 15 is 0 Å². The molecule has 0 aliphatic carbocycles. The first-order valence-electron chi connectivity index (χ1n) is 6.49. The highest BCUT2D eigenvalue weighted by atomic mass is 32.1. The summed E-state index contributed by atoms with van der Waals surface area (Å²) in [6, 6.07) is 13.3. The third-order valence-electron chi connectivity index (χ3n) is 3.05. The van der Waals surface area contributed by atoms with E-state index in [9.17, 15) is 0 Å². The zero-order chi connectivity index (χ0) is 13.2. The molecule has 0 aliphatic rings. The van der Waals surface area contributed by atoms with Crippen LogP contribution in [0.3, 0.4) is 0 Å². The maximum atomic E-state index is 2.27. The van der Waals surface area contributed by atoms with Crippen LogP contribution in [-0.4, -0.2) is 7.28 Å². The maximum Gasteiger partial charge on any atom is 0.111 e. The van der Waals surface area contributed by atoms with Crippen molar-refractivity contribution >= 4 is 18.6 Å². The van der Waals surface area contributed by atoms with E-state index in [4.69, 9.17) is 0 Å². The van der Waals surface area contributed by atoms with Gasteiger partial charge in [-0.3, -0.25) is 0 Å². The highest BCUT2D eigenvalue weighted by molar-refractivity contribution is 7.15. The minimum atomic E-state index is 0.245. The van der Waals surface area contributed by atoms with Crippen molar-refractivity contribution in [3.05, 3.63) is 46.8 Å². The van der Waals surface area contributed by atoms with E-state index in [0.29, 0.717) is 0 Å². The molecule has 93 valence electrons. The van der Waals surface area contributed by atoms with E-state index < -0.39 is 0 Å². The van der Waals surface area contributed by atoms with Crippen molar-refractivity contribution in [2.45, 2.75) is 39.3 Å². The van der Waals surface area contributed by atoms with Crippen LogP contribution < -0.4 is 0 Å². The molecule has 1 aromatic carbocycles. The van der Waals surface area contributed by atoms with Crippen molar-refractivity contribution in [2.75, 3.05) is 0 Å². The number of hydrogen-bond donors (Lipinski definition) is 0. The Balaban J connectivity index is 2.40. The molecule has 0 nitrogen and oxygen atoms in total. The lowest BCUT2D eigenvalue weighted by Crippen LogP contribution is -2.07. The van der Waals surface area contributed by atoms with Crippen LogP contribution in [0.1, 0.15) is 31.2 Å². The normalized spacial score (nSPS) is 11.6. The Morgan fingerprint density at radius 3 is 2.39 bits per heavy atom. The van der Waals surface area contributed by atoms with Gasteiger partial charge in [-0.1, -0.05) is 58.2 Å². The van der Waals surface area contributed by atoms with Crippen molar-refractivity contribution in [1.29, 1.82) is 0 Å². The average Bonchev–Trinajstić information content (AvgIpc) is 2.79. The molecule has 0 amide bonds. The van der Waals surface area contributed by atoms with Crippen LogP contribution in [-0.2, 0) is 11.7 Å². The fourth-order valence-electron chi connectivity index (χ4n) is 2.04. The van der Waals surface area contributed by atoms with Gasteiger partial charge in [0.2, 0.25) is 0 Å². The van der Waals surface area contributed by atoms with E-state index in [1.54, 1.807) is 0 Å². The van der Waals surface area contributed by atoms with Gasteiger partial charge in [0.15, 0.2) is 0 Å². The topological polar surface area (TPSA) is 0 Å². The smallest absolute Gasteiger partial charge is 0.111 e. The number of hydrogen-bond acceptors (Lipinski definition) is 1. The number of rotatable bonds is 3. The molecular weight excluding hydrogens is 235 g/mol. The summed E-state index contributed by atoms with van der Waals surface area (Å²) >= 11 is 1.92. The van der Waals surface area contributed by atoms with E-state index in [2.05, 4.69) is 71.3 Å². The molecule has 0 aliphatic heterocycles. The van der Waals surface area contributed by atoms with Gasteiger partial charge in [0.1, 0.15) is 7.28 Å². The molecular formula is C16H20BS. The van der Waals surface area contributed by atoms with Crippen molar-refractivity contribution in [3.8, 4) is 10.4 Å². The lowest BCUT2D eigenvalue weighted by atomic mass is 9.74. The molecule has 0 bridgehead atoms. The van der Waals surface area contributed by atoms with Crippen LogP contribution >= 0.6 is 11.3 Å². The third kappa shape index (κ3) is 2.86. The third-order valence-corrected chi connectivity index (χ3v) is 4.60. The van der Waals surface area contributed by atoms with Gasteiger partial charge in [-0.2, -0.15) is 0 Å². The van der Waals surface area contributed by atoms with E-state index in [1.807, 2.05) is 11.3 Å². The van der Waals surface area contributed by atoms with Gasteiger partial charge in [0.25, 0.3) is 0 Å². The molecule has 0 saturated heterocycles. The van der Waals surface area contributed by atoms with Crippen molar-refractivity contribution in [2.24, 2.45) is 0 Å². The molecule has 0 atom stereocenters. The first kappa shape index (κ1) is 13.4. The van der Waals surface area contributed by atoms with Crippen LogP contribution in [0.15, 0.2) is 36.4 Å². The summed E-state index contributed by atoms with van der Waals surface area (Å²) < 4.78 is 0. The predicted molar refractivity (Wildman–Crippen MR) is 83.8 cm³/mol.